The van der Waals surface area contributed by atoms with E-state index in [9.17, 15) is 9.18 Å². The van der Waals surface area contributed by atoms with E-state index in [2.05, 4.69) is 22.2 Å². The second-order valence-electron chi connectivity index (χ2n) is 7.24. The summed E-state index contributed by atoms with van der Waals surface area (Å²) in [5.74, 6) is -1.32. The van der Waals surface area contributed by atoms with Crippen LogP contribution in [0.25, 0.3) is 6.08 Å². The first kappa shape index (κ1) is 18.1. The Balaban J connectivity index is 1.53. The van der Waals surface area contributed by atoms with Crippen molar-refractivity contribution >= 4 is 12.0 Å². The van der Waals surface area contributed by atoms with Crippen LogP contribution in [-0.4, -0.2) is 61.0 Å². The quantitative estimate of drug-likeness (QED) is 0.852. The van der Waals surface area contributed by atoms with E-state index in [-0.39, 0.29) is 6.04 Å². The van der Waals surface area contributed by atoms with Crippen LogP contribution in [-0.2, 0) is 4.79 Å². The molecule has 0 bridgehead atoms. The van der Waals surface area contributed by atoms with Crippen LogP contribution in [0.5, 0.6) is 0 Å². The lowest BCUT2D eigenvalue weighted by atomic mass is 9.98. The molecule has 2 heterocycles. The second-order valence-corrected chi connectivity index (χ2v) is 7.24. The standard InChI is InChI=1S/C20H28FN3O/c1-23-12-9-18(10-13-23)24-11-5-8-17(15-24)22-20(25)19(21)14-16-6-3-2-4-7-16/h2-4,6-7,14,17-18H,5,8-13,15H2,1H3,(H,22,25). The molecule has 0 aliphatic carbocycles. The number of nitrogens with one attached hydrogen (secondary N) is 1. The third-order valence-corrected chi connectivity index (χ3v) is 5.30. The van der Waals surface area contributed by atoms with Crippen LogP contribution in [0.15, 0.2) is 36.2 Å². The number of amides is 1. The Labute approximate surface area is 149 Å². The van der Waals surface area contributed by atoms with Crippen molar-refractivity contribution in [3.05, 3.63) is 41.7 Å². The van der Waals surface area contributed by atoms with Gasteiger partial charge in [-0.25, -0.2) is 4.39 Å². The fraction of sp³-hybridized carbons (Fsp3) is 0.550. The van der Waals surface area contributed by atoms with Gasteiger partial charge in [0.05, 0.1) is 0 Å². The molecule has 1 aromatic rings. The zero-order valence-corrected chi connectivity index (χ0v) is 15.0. The van der Waals surface area contributed by atoms with Crippen molar-refractivity contribution in [1.29, 1.82) is 0 Å². The number of nitrogens with zero attached hydrogens (tertiary/aromatic N) is 2. The van der Waals surface area contributed by atoms with Crippen molar-refractivity contribution in [2.45, 2.75) is 37.8 Å². The van der Waals surface area contributed by atoms with Crippen LogP contribution < -0.4 is 5.32 Å². The predicted octanol–water partition coefficient (Wildman–Crippen LogP) is 2.67. The molecule has 0 radical (unpaired) electrons. The minimum Gasteiger partial charge on any atom is -0.346 e. The summed E-state index contributed by atoms with van der Waals surface area (Å²) in [6.07, 6.45) is 5.64. The highest BCUT2D eigenvalue weighted by Gasteiger charge is 2.29. The van der Waals surface area contributed by atoms with Crippen LogP contribution >= 0.6 is 0 Å². The lowest BCUT2D eigenvalue weighted by molar-refractivity contribution is -0.119. The first-order valence-electron chi connectivity index (χ1n) is 9.27. The van der Waals surface area contributed by atoms with Gasteiger partial charge >= 0.3 is 0 Å². The molecule has 1 atom stereocenters. The van der Waals surface area contributed by atoms with Crippen LogP contribution in [0.1, 0.15) is 31.2 Å². The minimum absolute atomic E-state index is 0.0378. The molecule has 2 aliphatic rings. The van der Waals surface area contributed by atoms with Crippen molar-refractivity contribution in [2.24, 2.45) is 0 Å². The fourth-order valence-electron chi connectivity index (χ4n) is 3.83. The Kier molecular flexibility index (Phi) is 6.21. The van der Waals surface area contributed by atoms with E-state index in [0.29, 0.717) is 11.6 Å². The Morgan fingerprint density at radius 2 is 1.88 bits per heavy atom. The first-order valence-corrected chi connectivity index (χ1v) is 9.27. The van der Waals surface area contributed by atoms with Crippen LogP contribution in [0, 0.1) is 0 Å². The summed E-state index contributed by atoms with van der Waals surface area (Å²) >= 11 is 0. The number of hydrogen-bond acceptors (Lipinski definition) is 3. The topological polar surface area (TPSA) is 35.6 Å². The lowest BCUT2D eigenvalue weighted by Crippen LogP contribution is -2.53. The lowest BCUT2D eigenvalue weighted by Gasteiger charge is -2.41. The summed E-state index contributed by atoms with van der Waals surface area (Å²) < 4.78 is 14.2. The van der Waals surface area contributed by atoms with Crippen molar-refractivity contribution < 1.29 is 9.18 Å². The Morgan fingerprint density at radius 3 is 2.60 bits per heavy atom. The summed E-state index contributed by atoms with van der Waals surface area (Å²) in [7, 11) is 2.16. The molecule has 5 heteroatoms. The second kappa shape index (κ2) is 8.59. The third kappa shape index (κ3) is 5.13. The van der Waals surface area contributed by atoms with Crippen molar-refractivity contribution in [1.82, 2.24) is 15.1 Å². The molecule has 2 saturated heterocycles. The molecule has 1 N–H and O–H groups in total. The van der Waals surface area contributed by atoms with Crippen LogP contribution in [0.4, 0.5) is 4.39 Å². The summed E-state index contributed by atoms with van der Waals surface area (Å²) in [5, 5.41) is 2.88. The molecular weight excluding hydrogens is 317 g/mol. The molecule has 2 fully saturated rings. The van der Waals surface area contributed by atoms with Gasteiger partial charge in [0.1, 0.15) is 0 Å². The first-order chi connectivity index (χ1) is 12.1. The van der Waals surface area contributed by atoms with Gasteiger partial charge in [-0.2, -0.15) is 0 Å². The molecule has 0 aromatic heterocycles. The average molecular weight is 345 g/mol. The van der Waals surface area contributed by atoms with Gasteiger partial charge in [0.15, 0.2) is 5.83 Å². The molecule has 2 aliphatic heterocycles. The maximum absolute atomic E-state index is 14.2. The normalized spacial score (nSPS) is 24.2. The average Bonchev–Trinajstić information content (AvgIpc) is 2.63. The van der Waals surface area contributed by atoms with Gasteiger partial charge in [-0.1, -0.05) is 30.3 Å². The van der Waals surface area contributed by atoms with Gasteiger partial charge in [-0.15, -0.1) is 0 Å². The zero-order valence-electron chi connectivity index (χ0n) is 15.0. The molecule has 0 saturated carbocycles. The molecule has 136 valence electrons. The van der Waals surface area contributed by atoms with E-state index in [1.807, 2.05) is 18.2 Å². The molecule has 1 unspecified atom stereocenters. The number of carbonyl (C=O) groups is 1. The van der Waals surface area contributed by atoms with E-state index >= 15 is 0 Å². The number of rotatable bonds is 4. The minimum atomic E-state index is -0.720. The molecular formula is C20H28FN3O. The fourth-order valence-corrected chi connectivity index (χ4v) is 3.83. The monoisotopic (exact) mass is 345 g/mol. The highest BCUT2D eigenvalue weighted by atomic mass is 19.1. The Morgan fingerprint density at radius 1 is 1.16 bits per heavy atom. The molecule has 4 nitrogen and oxygen atoms in total. The summed E-state index contributed by atoms with van der Waals surface area (Å²) in [4.78, 5) is 17.0. The summed E-state index contributed by atoms with van der Waals surface area (Å²) in [6, 6.07) is 9.74. The van der Waals surface area contributed by atoms with E-state index in [4.69, 9.17) is 0 Å². The summed E-state index contributed by atoms with van der Waals surface area (Å²) in [6.45, 7) is 4.18. The number of benzene rings is 1. The van der Waals surface area contributed by atoms with Gasteiger partial charge in [0.25, 0.3) is 5.91 Å². The van der Waals surface area contributed by atoms with E-state index in [1.54, 1.807) is 12.1 Å². The Hall–Kier alpha value is -1.72. The van der Waals surface area contributed by atoms with Gasteiger partial charge in [0.2, 0.25) is 0 Å². The molecule has 1 aromatic carbocycles. The summed E-state index contributed by atoms with van der Waals surface area (Å²) in [5.41, 5.74) is 0.701. The molecule has 3 rings (SSSR count). The smallest absolute Gasteiger partial charge is 0.280 e. The van der Waals surface area contributed by atoms with Crippen LogP contribution in [0.2, 0.25) is 0 Å². The molecule has 25 heavy (non-hydrogen) atoms. The predicted molar refractivity (Wildman–Crippen MR) is 98.8 cm³/mol. The highest BCUT2D eigenvalue weighted by molar-refractivity contribution is 5.95. The SMILES string of the molecule is CN1CCC(N2CCCC(NC(=O)C(F)=Cc3ccccc3)C2)CC1. The van der Waals surface area contributed by atoms with Gasteiger partial charge in [-0.05, 0) is 64.0 Å². The van der Waals surface area contributed by atoms with Crippen LogP contribution in [0.3, 0.4) is 0 Å². The number of carbonyl (C=O) groups excluding carboxylic acids is 1. The number of hydrogen-bond donors (Lipinski definition) is 1. The maximum atomic E-state index is 14.2. The largest absolute Gasteiger partial charge is 0.346 e. The highest BCUT2D eigenvalue weighted by Crippen LogP contribution is 2.21. The van der Waals surface area contributed by atoms with E-state index in [0.717, 1.165) is 39.0 Å². The third-order valence-electron chi connectivity index (χ3n) is 5.30. The van der Waals surface area contributed by atoms with Crippen molar-refractivity contribution in [2.75, 3.05) is 33.2 Å². The molecule has 1 amide bonds. The van der Waals surface area contributed by atoms with E-state index in [1.165, 1.54) is 18.9 Å². The van der Waals surface area contributed by atoms with Gasteiger partial charge < -0.3 is 10.2 Å². The van der Waals surface area contributed by atoms with Gasteiger partial charge in [0, 0.05) is 18.6 Å². The number of likely N-dealkylation sites (tertiary alicyclic amines) is 2. The molecule has 0 spiro atoms. The van der Waals surface area contributed by atoms with Gasteiger partial charge in [-0.3, -0.25) is 9.69 Å². The zero-order chi connectivity index (χ0) is 17.6. The maximum Gasteiger partial charge on any atom is 0.280 e. The van der Waals surface area contributed by atoms with Crippen molar-refractivity contribution in [3.63, 3.8) is 0 Å². The number of piperidine rings is 2. The van der Waals surface area contributed by atoms with E-state index < -0.39 is 11.7 Å². The number of halogens is 1. The van der Waals surface area contributed by atoms with Crippen molar-refractivity contribution in [3.8, 4) is 0 Å². The Bertz CT molecular complexity index is 596.